The Bertz CT molecular complexity index is 2300. The van der Waals surface area contributed by atoms with Crippen molar-refractivity contribution in [2.45, 2.75) is 153 Å². The number of halogens is 1. The number of hydrogen-bond acceptors (Lipinski definition) is 12. The quantitative estimate of drug-likeness (QED) is 0.0807. The molecule has 0 radical (unpaired) electrons. The first-order valence-corrected chi connectivity index (χ1v) is 27.2. The molecule has 20 heteroatoms. The number of phosphoric acid groups is 1. The predicted molar refractivity (Wildman–Crippen MR) is 255 cm³/mol. The molecule has 1 saturated heterocycles. The van der Waals surface area contributed by atoms with E-state index < -0.39 is 84.8 Å². The second kappa shape index (κ2) is 21.7. The summed E-state index contributed by atoms with van der Waals surface area (Å²) in [4.78, 5) is 95.9. The third-order valence-corrected chi connectivity index (χ3v) is 18.6. The molecule has 5 fully saturated rings. The summed E-state index contributed by atoms with van der Waals surface area (Å²) in [6.07, 6.45) is 6.91. The molecule has 5 aliphatic carbocycles. The van der Waals surface area contributed by atoms with Gasteiger partial charge in [-0.25, -0.2) is 8.96 Å². The zero-order valence-electron chi connectivity index (χ0n) is 40.5. The highest BCUT2D eigenvalue weighted by molar-refractivity contribution is 8.00. The smallest absolute Gasteiger partial charge is 0.470 e. The highest BCUT2D eigenvalue weighted by atomic mass is 32.2. The molecule has 0 spiro atoms. The predicted octanol–water partition coefficient (Wildman–Crippen LogP) is 5.40. The maximum atomic E-state index is 16.3. The van der Waals surface area contributed by atoms with E-state index in [2.05, 4.69) is 36.7 Å². The van der Waals surface area contributed by atoms with Gasteiger partial charge in [0.2, 0.25) is 17.7 Å². The number of fused-ring (bicyclic) bond motifs is 7. The molecule has 1 unspecified atom stereocenters. The van der Waals surface area contributed by atoms with E-state index in [4.69, 9.17) is 14.0 Å². The van der Waals surface area contributed by atoms with Gasteiger partial charge < -0.3 is 45.4 Å². The minimum atomic E-state index is -5.09. The van der Waals surface area contributed by atoms with Crippen LogP contribution in [0.5, 0.6) is 0 Å². The van der Waals surface area contributed by atoms with Crippen LogP contribution in [0.25, 0.3) is 0 Å². The molecule has 7 rings (SSSR count). The minimum Gasteiger partial charge on any atom is -0.481 e. The fourth-order valence-corrected chi connectivity index (χ4v) is 14.3. The van der Waals surface area contributed by atoms with E-state index in [0.717, 1.165) is 12.0 Å². The van der Waals surface area contributed by atoms with Crippen LogP contribution in [0.4, 0.5) is 4.39 Å². The average molecular weight is 1020 g/mol. The van der Waals surface area contributed by atoms with Crippen molar-refractivity contribution in [1.29, 1.82) is 0 Å². The van der Waals surface area contributed by atoms with Gasteiger partial charge in [-0.05, 0) is 118 Å². The van der Waals surface area contributed by atoms with E-state index in [9.17, 15) is 53.3 Å². The molecule has 0 aromatic heterocycles. The Morgan fingerprint density at radius 1 is 1.06 bits per heavy atom. The lowest BCUT2D eigenvalue weighted by atomic mass is 9.46. The summed E-state index contributed by atoms with van der Waals surface area (Å²) >= 11 is 1.51. The molecule has 1 heterocycles. The van der Waals surface area contributed by atoms with Gasteiger partial charge in [0.25, 0.3) is 0 Å². The van der Waals surface area contributed by atoms with E-state index in [1.807, 2.05) is 19.9 Å². The normalized spacial score (nSPS) is 33.2. The molecule has 17 nitrogen and oxygen atoms in total. The first-order valence-electron chi connectivity index (χ1n) is 24.6. The first kappa shape index (κ1) is 54.0. The Morgan fingerprint density at radius 2 is 1.79 bits per heavy atom. The number of thioether (sulfide) groups is 1. The van der Waals surface area contributed by atoms with Crippen LogP contribution in [0.15, 0.2) is 42.0 Å². The molecular weight excluding hydrogens is 949 g/mol. The standard InChI is InChI=1S/C50H69FN3O14PS/c1-6-39(27(2)3)70-26-43(59)52-24-42(58)54-37(15-16-44(60)61)46(62)53-31-11-7-28(8-12-31)19-29-9-13-34(36(51)20-29)47-67-41-22-35-33-14-10-30-21-32(55)17-18-48(30,4)45(33)38(56)23-49(35,5)50(41,68-47)40(57)25-66-69(63,64)65/h9,13,17-18,20-21,27-28,31,33,35,37-39,41,45,47,56H,6-8,10-12,14-16,19,22-26H2,1-5H3,(H,52,59)(H,53,62)(H,54,58)(H,60,61)(H2,63,64,65)/t28?,31?,33-,35-,37-,38-,39?,41+,45+,47+,48-,49-,50+/m0/s1. The van der Waals surface area contributed by atoms with E-state index in [1.165, 1.54) is 23.9 Å². The molecule has 1 aliphatic heterocycles. The van der Waals surface area contributed by atoms with Crippen molar-refractivity contribution >= 4 is 54.8 Å². The van der Waals surface area contributed by atoms with Crippen LogP contribution in [0.1, 0.15) is 123 Å². The van der Waals surface area contributed by atoms with Crippen molar-refractivity contribution in [3.8, 4) is 0 Å². The van der Waals surface area contributed by atoms with Crippen molar-refractivity contribution < 1.29 is 71.7 Å². The van der Waals surface area contributed by atoms with Crippen LogP contribution in [-0.2, 0) is 53.8 Å². The SMILES string of the molecule is CCC(SCC(=O)NCC(=O)N[C@@H](CCC(=O)O)C(=O)NC1CCC(Cc2ccc([C@@H]3O[C@@H]4C[C@H]5[C@@H]6CCC7=CC(=O)C=C[C@]7(C)[C@H]6[C@@H](O)C[C@]5(C)[C@]4(C(=O)COP(=O)(O)O)O3)c(F)c2)CC1)C(C)C. The van der Waals surface area contributed by atoms with Gasteiger partial charge in [-0.1, -0.05) is 58.4 Å². The number of benzene rings is 1. The largest absolute Gasteiger partial charge is 0.481 e. The number of ketones is 2. The highest BCUT2D eigenvalue weighted by Crippen LogP contribution is 2.70. The van der Waals surface area contributed by atoms with Crippen LogP contribution >= 0.6 is 19.6 Å². The molecule has 7 N–H and O–H groups in total. The Morgan fingerprint density at radius 3 is 2.44 bits per heavy atom. The van der Waals surface area contributed by atoms with Crippen molar-refractivity contribution in [2.24, 2.45) is 40.4 Å². The fourth-order valence-electron chi connectivity index (χ4n) is 13.0. The molecule has 1 aromatic rings. The summed E-state index contributed by atoms with van der Waals surface area (Å²) in [5, 5.41) is 29.8. The number of Topliss-reactive ketones (excluding diaryl/α,β-unsaturated/α-hetero) is 1. The van der Waals surface area contributed by atoms with Crippen molar-refractivity contribution in [3.63, 3.8) is 0 Å². The van der Waals surface area contributed by atoms with Gasteiger partial charge in [0, 0.05) is 40.0 Å². The van der Waals surface area contributed by atoms with Gasteiger partial charge >= 0.3 is 13.8 Å². The zero-order valence-corrected chi connectivity index (χ0v) is 42.2. The van der Waals surface area contributed by atoms with Gasteiger partial charge in [-0.2, -0.15) is 0 Å². The lowest BCUT2D eigenvalue weighted by Crippen LogP contribution is -2.63. The van der Waals surface area contributed by atoms with E-state index in [-0.39, 0.29) is 78.5 Å². The fraction of sp³-hybridized carbons (Fsp3) is 0.680. The summed E-state index contributed by atoms with van der Waals surface area (Å²) in [6.45, 7) is 8.73. The average Bonchev–Trinajstić information content (AvgIpc) is 3.79. The number of aliphatic carboxylic acids is 1. The van der Waals surface area contributed by atoms with E-state index in [0.29, 0.717) is 68.1 Å². The molecule has 3 amide bonds. The lowest BCUT2D eigenvalue weighted by Gasteiger charge is -2.59. The number of phosphoric ester groups is 1. The van der Waals surface area contributed by atoms with E-state index >= 15 is 4.39 Å². The third kappa shape index (κ3) is 11.4. The Balaban J connectivity index is 0.964. The van der Waals surface area contributed by atoms with Gasteiger partial charge in [0.15, 0.2) is 23.5 Å². The van der Waals surface area contributed by atoms with Crippen LogP contribution in [-0.4, -0.2) is 109 Å². The van der Waals surface area contributed by atoms with Gasteiger partial charge in [-0.15, -0.1) is 11.8 Å². The summed E-state index contributed by atoms with van der Waals surface area (Å²) in [7, 11) is -5.09. The third-order valence-electron chi connectivity index (χ3n) is 16.4. The number of allylic oxidation sites excluding steroid dienone is 4. The van der Waals surface area contributed by atoms with Crippen LogP contribution < -0.4 is 16.0 Å². The molecule has 11 atom stereocenters. The number of aliphatic hydroxyl groups is 1. The molecule has 70 heavy (non-hydrogen) atoms. The van der Waals surface area contributed by atoms with Gasteiger partial charge in [0.1, 0.15) is 18.5 Å². The number of ether oxygens (including phenoxy) is 2. The minimum absolute atomic E-state index is 0.0386. The number of aliphatic hydroxyl groups excluding tert-OH is 1. The number of carboxylic acid groups (broad SMARTS) is 1. The number of carboxylic acids is 1. The van der Waals surface area contributed by atoms with Gasteiger partial charge in [0.05, 0.1) is 24.5 Å². The van der Waals surface area contributed by atoms with E-state index in [1.54, 1.807) is 18.2 Å². The summed E-state index contributed by atoms with van der Waals surface area (Å²) < 4.78 is 46.0. The zero-order chi connectivity index (χ0) is 50.9. The number of nitrogens with one attached hydrogen (secondary N) is 3. The Kier molecular flexibility index (Phi) is 16.8. The molecule has 386 valence electrons. The molecule has 1 aromatic carbocycles. The highest BCUT2D eigenvalue weighted by Gasteiger charge is 2.76. The van der Waals surface area contributed by atoms with Crippen molar-refractivity contribution in [2.75, 3.05) is 18.9 Å². The van der Waals surface area contributed by atoms with Crippen molar-refractivity contribution in [1.82, 2.24) is 16.0 Å². The number of amides is 3. The second-order valence-electron chi connectivity index (χ2n) is 21.1. The van der Waals surface area contributed by atoms with Gasteiger partial charge in [-0.3, -0.25) is 33.3 Å². The Hall–Kier alpha value is -3.81. The summed E-state index contributed by atoms with van der Waals surface area (Å²) in [6, 6.07) is 3.36. The summed E-state index contributed by atoms with van der Waals surface area (Å²) in [5.41, 5.74) is -1.86. The number of carbonyl (C=O) groups excluding carboxylic acids is 5. The lowest BCUT2D eigenvalue weighted by molar-refractivity contribution is -0.201. The Labute approximate surface area is 412 Å². The monoisotopic (exact) mass is 1020 g/mol. The summed E-state index contributed by atoms with van der Waals surface area (Å²) in [5.74, 6) is -4.00. The maximum absolute atomic E-state index is 16.3. The molecular formula is C50H69FN3O14PS. The van der Waals surface area contributed by atoms with Crippen LogP contribution in [0.3, 0.4) is 0 Å². The van der Waals surface area contributed by atoms with Crippen molar-refractivity contribution in [3.05, 3.63) is 58.9 Å². The maximum Gasteiger partial charge on any atom is 0.470 e. The number of carbonyl (C=O) groups is 6. The first-order chi connectivity index (χ1) is 33.0. The van der Waals surface area contributed by atoms with Crippen LogP contribution in [0, 0.1) is 46.2 Å². The molecule has 6 aliphatic rings. The van der Waals surface area contributed by atoms with Crippen LogP contribution in [0.2, 0.25) is 0 Å². The molecule has 0 bridgehead atoms. The molecule has 4 saturated carbocycles. The second-order valence-corrected chi connectivity index (χ2v) is 23.5. The topological polar surface area (TPSA) is 264 Å². The number of hydrogen-bond donors (Lipinski definition) is 7. The number of rotatable bonds is 20.